The van der Waals surface area contributed by atoms with E-state index in [0.29, 0.717) is 6.61 Å². The van der Waals surface area contributed by atoms with Crippen molar-refractivity contribution in [1.29, 1.82) is 0 Å². The highest BCUT2D eigenvalue weighted by atomic mass is 16.5. The maximum absolute atomic E-state index is 10.6. The van der Waals surface area contributed by atoms with Crippen LogP contribution >= 0.6 is 0 Å². The quantitative estimate of drug-likeness (QED) is 0.751. The standard InChI is InChI=1S/C10H13NO2/c1-8(10(11)12)13-7-9-5-3-2-4-6-9/h2-6,8H,7H2,1H3,(H2,11,12). The van der Waals surface area contributed by atoms with Gasteiger partial charge in [-0.1, -0.05) is 30.3 Å². The molecule has 0 spiro atoms. The molecule has 2 N–H and O–H groups in total. The molecule has 0 aliphatic rings. The van der Waals surface area contributed by atoms with Crippen LogP contribution in [-0.4, -0.2) is 12.0 Å². The molecule has 0 heterocycles. The number of nitrogens with two attached hydrogens (primary N) is 1. The summed E-state index contributed by atoms with van der Waals surface area (Å²) < 4.78 is 5.21. The highest BCUT2D eigenvalue weighted by molar-refractivity contribution is 5.78. The molecular formula is C10H13NO2. The van der Waals surface area contributed by atoms with Gasteiger partial charge in [0.2, 0.25) is 5.91 Å². The number of hydrogen-bond donors (Lipinski definition) is 1. The molecule has 0 aliphatic carbocycles. The normalized spacial score (nSPS) is 12.4. The Morgan fingerprint density at radius 3 is 2.62 bits per heavy atom. The van der Waals surface area contributed by atoms with Gasteiger partial charge in [-0.25, -0.2) is 0 Å². The lowest BCUT2D eigenvalue weighted by Gasteiger charge is -2.08. The summed E-state index contributed by atoms with van der Waals surface area (Å²) in [6.07, 6.45) is -0.528. The summed E-state index contributed by atoms with van der Waals surface area (Å²) in [6, 6.07) is 9.66. The van der Waals surface area contributed by atoms with Crippen LogP contribution in [0.25, 0.3) is 0 Å². The molecule has 3 nitrogen and oxygen atoms in total. The average molecular weight is 179 g/mol. The SMILES string of the molecule is CC(OCc1ccccc1)C(N)=O. The van der Waals surface area contributed by atoms with Gasteiger partial charge in [0, 0.05) is 0 Å². The number of carbonyl (C=O) groups excluding carboxylic acids is 1. The summed E-state index contributed by atoms with van der Waals surface area (Å²) in [5, 5.41) is 0. The molecule has 1 aromatic rings. The van der Waals surface area contributed by atoms with Crippen LogP contribution in [0.1, 0.15) is 12.5 Å². The van der Waals surface area contributed by atoms with Gasteiger partial charge in [-0.3, -0.25) is 4.79 Å². The van der Waals surface area contributed by atoms with Crippen molar-refractivity contribution in [3.63, 3.8) is 0 Å². The Bertz CT molecular complexity index is 272. The molecule has 3 heteroatoms. The molecule has 1 rings (SSSR count). The summed E-state index contributed by atoms with van der Waals surface area (Å²) >= 11 is 0. The minimum atomic E-state index is -0.528. The van der Waals surface area contributed by atoms with E-state index in [4.69, 9.17) is 10.5 Å². The molecule has 0 aliphatic heterocycles. The Balaban J connectivity index is 2.39. The van der Waals surface area contributed by atoms with Crippen molar-refractivity contribution < 1.29 is 9.53 Å². The van der Waals surface area contributed by atoms with E-state index in [9.17, 15) is 4.79 Å². The van der Waals surface area contributed by atoms with Gasteiger partial charge in [-0.05, 0) is 12.5 Å². The topological polar surface area (TPSA) is 52.3 Å². The van der Waals surface area contributed by atoms with Crippen LogP contribution in [0, 0.1) is 0 Å². The summed E-state index contributed by atoms with van der Waals surface area (Å²) in [5.74, 6) is -0.434. The molecule has 70 valence electrons. The molecule has 1 atom stereocenters. The van der Waals surface area contributed by atoms with Crippen LogP contribution in [0.4, 0.5) is 0 Å². The van der Waals surface area contributed by atoms with Crippen molar-refractivity contribution in [2.24, 2.45) is 5.73 Å². The molecule has 0 fully saturated rings. The van der Waals surface area contributed by atoms with Crippen molar-refractivity contribution in [1.82, 2.24) is 0 Å². The van der Waals surface area contributed by atoms with E-state index < -0.39 is 12.0 Å². The van der Waals surface area contributed by atoms with Gasteiger partial charge in [0.15, 0.2) is 0 Å². The van der Waals surface area contributed by atoms with Crippen molar-refractivity contribution in [2.45, 2.75) is 19.6 Å². The van der Waals surface area contributed by atoms with Crippen LogP contribution < -0.4 is 5.73 Å². The van der Waals surface area contributed by atoms with E-state index in [1.807, 2.05) is 30.3 Å². The molecule has 1 aromatic carbocycles. The number of amides is 1. The van der Waals surface area contributed by atoms with E-state index in [2.05, 4.69) is 0 Å². The largest absolute Gasteiger partial charge is 0.367 e. The second-order valence-electron chi connectivity index (χ2n) is 2.84. The zero-order valence-corrected chi connectivity index (χ0v) is 7.57. The second kappa shape index (κ2) is 4.62. The fourth-order valence-electron chi connectivity index (χ4n) is 0.878. The fraction of sp³-hybridized carbons (Fsp3) is 0.300. The summed E-state index contributed by atoms with van der Waals surface area (Å²) in [6.45, 7) is 2.07. The summed E-state index contributed by atoms with van der Waals surface area (Å²) in [4.78, 5) is 10.6. The molecule has 1 amide bonds. The number of hydrogen-bond acceptors (Lipinski definition) is 2. The third-order valence-corrected chi connectivity index (χ3v) is 1.74. The first kappa shape index (κ1) is 9.74. The van der Waals surface area contributed by atoms with E-state index in [1.54, 1.807) is 6.92 Å². The Morgan fingerprint density at radius 1 is 1.46 bits per heavy atom. The maximum Gasteiger partial charge on any atom is 0.246 e. The lowest BCUT2D eigenvalue weighted by Crippen LogP contribution is -2.27. The average Bonchev–Trinajstić information content (AvgIpc) is 2.15. The van der Waals surface area contributed by atoms with Crippen LogP contribution in [-0.2, 0) is 16.1 Å². The lowest BCUT2D eigenvalue weighted by molar-refractivity contribution is -0.129. The summed E-state index contributed by atoms with van der Waals surface area (Å²) in [7, 11) is 0. The van der Waals surface area contributed by atoms with Gasteiger partial charge in [0.1, 0.15) is 6.10 Å². The zero-order chi connectivity index (χ0) is 9.68. The fourth-order valence-corrected chi connectivity index (χ4v) is 0.878. The highest BCUT2D eigenvalue weighted by Gasteiger charge is 2.07. The smallest absolute Gasteiger partial charge is 0.246 e. The van der Waals surface area contributed by atoms with Gasteiger partial charge >= 0.3 is 0 Å². The minimum Gasteiger partial charge on any atom is -0.367 e. The summed E-state index contributed by atoms with van der Waals surface area (Å²) in [5.41, 5.74) is 6.07. The van der Waals surface area contributed by atoms with E-state index >= 15 is 0 Å². The number of benzene rings is 1. The number of carbonyl (C=O) groups is 1. The van der Waals surface area contributed by atoms with E-state index in [-0.39, 0.29) is 0 Å². The van der Waals surface area contributed by atoms with Gasteiger partial charge in [-0.2, -0.15) is 0 Å². The highest BCUT2D eigenvalue weighted by Crippen LogP contribution is 2.02. The monoisotopic (exact) mass is 179 g/mol. The second-order valence-corrected chi connectivity index (χ2v) is 2.84. The van der Waals surface area contributed by atoms with Crippen LogP contribution in [0.15, 0.2) is 30.3 Å². The number of ether oxygens (including phenoxy) is 1. The van der Waals surface area contributed by atoms with Crippen LogP contribution in [0.5, 0.6) is 0 Å². The third kappa shape index (κ3) is 3.25. The van der Waals surface area contributed by atoms with Crippen LogP contribution in [0.2, 0.25) is 0 Å². The maximum atomic E-state index is 10.6. The number of rotatable bonds is 4. The predicted molar refractivity (Wildman–Crippen MR) is 49.9 cm³/mol. The Hall–Kier alpha value is -1.35. The number of primary amides is 1. The van der Waals surface area contributed by atoms with Gasteiger partial charge < -0.3 is 10.5 Å². The van der Waals surface area contributed by atoms with Crippen molar-refractivity contribution in [2.75, 3.05) is 0 Å². The molecular weight excluding hydrogens is 166 g/mol. The first-order valence-corrected chi connectivity index (χ1v) is 4.15. The Kier molecular flexibility index (Phi) is 3.46. The molecule has 0 aromatic heterocycles. The molecule has 0 bridgehead atoms. The third-order valence-electron chi connectivity index (χ3n) is 1.74. The predicted octanol–water partition coefficient (Wildman–Crippen LogP) is 1.08. The molecule has 0 radical (unpaired) electrons. The van der Waals surface area contributed by atoms with Crippen molar-refractivity contribution >= 4 is 5.91 Å². The molecule has 0 saturated heterocycles. The van der Waals surface area contributed by atoms with E-state index in [0.717, 1.165) is 5.56 Å². The first-order valence-electron chi connectivity index (χ1n) is 4.15. The van der Waals surface area contributed by atoms with Crippen LogP contribution in [0.3, 0.4) is 0 Å². The first-order chi connectivity index (χ1) is 6.20. The van der Waals surface area contributed by atoms with Gasteiger partial charge in [-0.15, -0.1) is 0 Å². The van der Waals surface area contributed by atoms with E-state index in [1.165, 1.54) is 0 Å². The zero-order valence-electron chi connectivity index (χ0n) is 7.57. The lowest BCUT2D eigenvalue weighted by atomic mass is 10.2. The van der Waals surface area contributed by atoms with Gasteiger partial charge in [0.05, 0.1) is 6.61 Å². The minimum absolute atomic E-state index is 0.422. The van der Waals surface area contributed by atoms with Gasteiger partial charge in [0.25, 0.3) is 0 Å². The Morgan fingerprint density at radius 2 is 2.08 bits per heavy atom. The van der Waals surface area contributed by atoms with Crippen molar-refractivity contribution in [3.8, 4) is 0 Å². The molecule has 13 heavy (non-hydrogen) atoms. The van der Waals surface area contributed by atoms with Crippen molar-refractivity contribution in [3.05, 3.63) is 35.9 Å². The molecule has 0 saturated carbocycles. The molecule has 1 unspecified atom stereocenters. The Labute approximate surface area is 77.5 Å².